The third-order valence-corrected chi connectivity index (χ3v) is 16.4. The number of sulfonamides is 1. The summed E-state index contributed by atoms with van der Waals surface area (Å²) in [6, 6.07) is 1.55. The van der Waals surface area contributed by atoms with E-state index in [-0.39, 0.29) is 48.0 Å². The third-order valence-electron chi connectivity index (χ3n) is 14.3. The number of amides is 4. The molecule has 20 heteroatoms. The Morgan fingerprint density at radius 1 is 1.00 bits per heavy atom. The molecule has 63 heavy (non-hydrogen) atoms. The molecule has 2 aromatic rings. The van der Waals surface area contributed by atoms with Crippen molar-refractivity contribution in [1.29, 1.82) is 0 Å². The lowest BCUT2D eigenvalue weighted by molar-refractivity contribution is -0.143. The van der Waals surface area contributed by atoms with Gasteiger partial charge in [0.05, 0.1) is 35.4 Å². The second-order valence-corrected chi connectivity index (χ2v) is 21.9. The predicted molar refractivity (Wildman–Crippen MR) is 220 cm³/mol. The van der Waals surface area contributed by atoms with Crippen LogP contribution in [0.25, 0.3) is 11.0 Å². The van der Waals surface area contributed by atoms with E-state index < -0.39 is 129 Å². The minimum Gasteiger partial charge on any atom is -0.497 e. The first-order valence-corrected chi connectivity index (χ1v) is 23.2. The van der Waals surface area contributed by atoms with Gasteiger partial charge in [0.15, 0.2) is 5.69 Å². The van der Waals surface area contributed by atoms with Crippen molar-refractivity contribution in [1.82, 2.24) is 30.2 Å². The first-order valence-electron chi connectivity index (χ1n) is 21.7. The number of carbonyl (C=O) groups excluding carboxylic acids is 4. The van der Waals surface area contributed by atoms with Gasteiger partial charge >= 0.3 is 6.09 Å². The highest BCUT2D eigenvalue weighted by atomic mass is 32.2. The number of alkyl halides is 4. The number of nitrogens with zero attached hydrogens (tertiary/aromatic N) is 3. The highest BCUT2D eigenvalue weighted by Crippen LogP contribution is 2.50. The van der Waals surface area contributed by atoms with Crippen LogP contribution >= 0.6 is 0 Å². The van der Waals surface area contributed by atoms with Crippen LogP contribution in [0, 0.1) is 35.0 Å². The summed E-state index contributed by atoms with van der Waals surface area (Å²) < 4.78 is 106. The number of halogens is 4. The quantitative estimate of drug-likeness (QED) is 0.283. The number of aromatic nitrogens is 2. The Hall–Kier alpha value is -4.49. The summed E-state index contributed by atoms with van der Waals surface area (Å²) in [6.07, 6.45) is -5.14. The molecular formula is C43H58F4N6O9S. The normalized spacial score (nSPS) is 33.2. The molecule has 15 nitrogen and oxygen atoms in total. The van der Waals surface area contributed by atoms with Gasteiger partial charge in [0, 0.05) is 18.4 Å². The van der Waals surface area contributed by atoms with E-state index in [1.807, 2.05) is 18.6 Å². The van der Waals surface area contributed by atoms with E-state index in [2.05, 4.69) is 20.6 Å². The number of carbonyl (C=O) groups is 4. The highest BCUT2D eigenvalue weighted by Gasteiger charge is 2.68. The summed E-state index contributed by atoms with van der Waals surface area (Å²) in [5.41, 5.74) is -3.87. The van der Waals surface area contributed by atoms with Crippen LogP contribution in [0.1, 0.15) is 106 Å². The van der Waals surface area contributed by atoms with Crippen molar-refractivity contribution < 1.29 is 59.4 Å². The molecule has 10 atom stereocenters. The van der Waals surface area contributed by atoms with Gasteiger partial charge < -0.3 is 29.7 Å². The predicted octanol–water partition coefficient (Wildman–Crippen LogP) is 5.84. The van der Waals surface area contributed by atoms with Crippen molar-refractivity contribution in [3.63, 3.8) is 0 Å². The monoisotopic (exact) mass is 910 g/mol. The smallest absolute Gasteiger partial charge is 0.408 e. The summed E-state index contributed by atoms with van der Waals surface area (Å²) in [7, 11) is -2.90. The Balaban J connectivity index is 1.30. The molecule has 3 N–H and O–H groups in total. The molecule has 2 aliphatic heterocycles. The number of fused-ring (bicyclic) bond motifs is 5. The molecule has 1 saturated heterocycles. The van der Waals surface area contributed by atoms with Gasteiger partial charge in [-0.05, 0) is 80.8 Å². The van der Waals surface area contributed by atoms with E-state index in [1.165, 1.54) is 33.1 Å². The van der Waals surface area contributed by atoms with Crippen LogP contribution in [0.4, 0.5) is 22.4 Å². The molecule has 0 radical (unpaired) electrons. The summed E-state index contributed by atoms with van der Waals surface area (Å²) in [5, 5.41) is 5.12. The molecule has 5 aliphatic rings. The van der Waals surface area contributed by atoms with E-state index in [0.717, 1.165) is 4.90 Å². The highest BCUT2D eigenvalue weighted by molar-refractivity contribution is 7.91. The maximum atomic E-state index is 16.6. The number of methoxy groups -OCH3 is 1. The standard InChI is InChI=1S/C43H58F4N6O9S/c1-21-17-29-25(22(21)2)11-9-10-14-43(46,47)32-36(49-28-18-24(60-8)12-13-27(28)48-32)61-30-20-53(37(55)33(40(4,5)6)50-39(57)62-29)31(23(30)3)35(54)51-42(19-26(42)34(44)45)38(56)52-63(58,59)41(7)15-16-41/h12-13,18,21-23,25-26,29-31,33-34H,9-11,14-17,19-20H2,1-8H3,(H,50,57)(H,51,54)(H,52,56)/t21-,22-,23+,25+,26?,29+,30-,31-,33+,42+/m0/s1. The van der Waals surface area contributed by atoms with Crippen molar-refractivity contribution >= 4 is 44.9 Å². The summed E-state index contributed by atoms with van der Waals surface area (Å²) in [5.74, 6) is -9.82. The second kappa shape index (κ2) is 16.5. The minimum atomic E-state index is -4.32. The number of hydrogen-bond donors (Lipinski definition) is 3. The summed E-state index contributed by atoms with van der Waals surface area (Å²) >= 11 is 0. The fraction of sp³-hybridized carbons (Fsp3) is 0.721. The largest absolute Gasteiger partial charge is 0.497 e. The maximum Gasteiger partial charge on any atom is 0.408 e. The Bertz CT molecular complexity index is 2260. The molecule has 1 aromatic carbocycles. The van der Waals surface area contributed by atoms with Crippen molar-refractivity contribution in [3.8, 4) is 11.6 Å². The van der Waals surface area contributed by atoms with Gasteiger partial charge in [-0.25, -0.2) is 32.0 Å². The van der Waals surface area contributed by atoms with Crippen LogP contribution in [0.5, 0.6) is 11.6 Å². The first-order chi connectivity index (χ1) is 29.3. The van der Waals surface area contributed by atoms with Crippen molar-refractivity contribution in [2.45, 2.75) is 147 Å². The van der Waals surface area contributed by atoms with E-state index in [9.17, 15) is 36.4 Å². The van der Waals surface area contributed by atoms with Gasteiger partial charge in [-0.15, -0.1) is 0 Å². The first kappa shape index (κ1) is 46.5. The lowest BCUT2D eigenvalue weighted by Gasteiger charge is -2.36. The Morgan fingerprint density at radius 2 is 1.70 bits per heavy atom. The molecule has 7 rings (SSSR count). The van der Waals surface area contributed by atoms with Gasteiger partial charge in [-0.1, -0.05) is 48.0 Å². The van der Waals surface area contributed by atoms with Crippen LogP contribution in [0.2, 0.25) is 0 Å². The fourth-order valence-electron chi connectivity index (χ4n) is 9.50. The van der Waals surface area contributed by atoms with Gasteiger partial charge in [-0.3, -0.25) is 19.1 Å². The lowest BCUT2D eigenvalue weighted by atomic mass is 9.85. The topological polar surface area (TPSA) is 195 Å². The van der Waals surface area contributed by atoms with E-state index in [4.69, 9.17) is 14.2 Å². The van der Waals surface area contributed by atoms with Gasteiger partial charge in [0.1, 0.15) is 35.6 Å². The molecule has 4 amide bonds. The molecule has 3 aliphatic carbocycles. The molecule has 4 fully saturated rings. The van der Waals surface area contributed by atoms with Crippen molar-refractivity contribution in [3.05, 3.63) is 23.9 Å². The molecule has 348 valence electrons. The number of alkyl carbamates (subject to hydrolysis) is 1. The van der Waals surface area contributed by atoms with Crippen molar-refractivity contribution in [2.75, 3.05) is 13.7 Å². The second-order valence-electron chi connectivity index (χ2n) is 19.7. The van der Waals surface area contributed by atoms with Crippen LogP contribution in [-0.2, 0) is 35.1 Å². The lowest BCUT2D eigenvalue weighted by Crippen LogP contribution is -2.61. The Kier molecular flexibility index (Phi) is 12.2. The molecule has 2 bridgehead atoms. The van der Waals surface area contributed by atoms with Crippen LogP contribution in [0.15, 0.2) is 18.2 Å². The van der Waals surface area contributed by atoms with Gasteiger partial charge in [0.25, 0.3) is 11.8 Å². The molecular weight excluding hydrogens is 853 g/mol. The zero-order valence-electron chi connectivity index (χ0n) is 36.8. The van der Waals surface area contributed by atoms with E-state index in [1.54, 1.807) is 26.8 Å². The van der Waals surface area contributed by atoms with Gasteiger partial charge in [-0.2, -0.15) is 8.78 Å². The molecule has 1 unspecified atom stereocenters. The van der Waals surface area contributed by atoms with E-state index in [0.29, 0.717) is 25.0 Å². The van der Waals surface area contributed by atoms with Crippen LogP contribution in [-0.4, -0.2) is 102 Å². The van der Waals surface area contributed by atoms with E-state index >= 15 is 8.78 Å². The number of hydrogen-bond acceptors (Lipinski definition) is 11. The number of rotatable bonds is 7. The fourth-order valence-corrected chi connectivity index (χ4v) is 10.8. The number of ether oxygens (including phenoxy) is 3. The molecule has 3 saturated carbocycles. The summed E-state index contributed by atoms with van der Waals surface area (Å²) in [4.78, 5) is 66.9. The Labute approximate surface area is 364 Å². The molecule has 1 aromatic heterocycles. The van der Waals surface area contributed by atoms with Crippen LogP contribution in [0.3, 0.4) is 0 Å². The maximum absolute atomic E-state index is 16.6. The average molecular weight is 911 g/mol. The number of nitrogens with one attached hydrogen (secondary N) is 3. The Morgan fingerprint density at radius 3 is 2.32 bits per heavy atom. The zero-order valence-corrected chi connectivity index (χ0v) is 37.6. The molecule has 3 heterocycles. The minimum absolute atomic E-state index is 0.0806. The summed E-state index contributed by atoms with van der Waals surface area (Å²) in [6.45, 7) is 11.5. The third kappa shape index (κ3) is 8.85. The average Bonchev–Trinajstić information content (AvgIpc) is 4.09. The van der Waals surface area contributed by atoms with Crippen LogP contribution < -0.4 is 24.8 Å². The SMILES string of the molecule is COc1ccc2nc3c(nc2c1)O[C@H]1CN(C(=O)[C@H](C(C)(C)C)NC(=O)O[C@@H]2C[C@H](C)[C@H](C)[C@H]2CCCCC3(F)F)[C@H](C(=O)N[C@]2(C(=O)NS(=O)(=O)C3(C)CC3)CC2C(F)F)[C@@H]1C. The van der Waals surface area contributed by atoms with Gasteiger partial charge in [0.2, 0.25) is 34.1 Å². The van der Waals surface area contributed by atoms with Crippen molar-refractivity contribution in [2.24, 2.45) is 35.0 Å². The zero-order chi connectivity index (χ0) is 46.2. The molecule has 0 spiro atoms. The number of benzene rings is 1.